The van der Waals surface area contributed by atoms with Crippen molar-refractivity contribution in [1.29, 1.82) is 0 Å². The standard InChI is InChI=1S/C36H61N5O6/c1-5-8-9-10-11-12-13-14-15-16-17-18-19-20-21-23-28-40(46-4)36(45)47-33(6-2)41-32(42)30-39(35(41)44)29-26-37-34(43)31-25-22-24-27-38(31)7-3/h22,24-25,27,33H,5-21,23,26,28-30H2,1-4H3/p+1. The Labute approximate surface area is 283 Å². The number of aryl methyl sites for hydroxylation is 1. The zero-order chi connectivity index (χ0) is 34.3. The first-order valence-electron chi connectivity index (χ1n) is 18.3. The Morgan fingerprint density at radius 2 is 1.45 bits per heavy atom. The zero-order valence-electron chi connectivity index (χ0n) is 29.7. The maximum atomic E-state index is 13.1. The monoisotopic (exact) mass is 660 g/mol. The van der Waals surface area contributed by atoms with Gasteiger partial charge in [-0.25, -0.2) is 14.5 Å². The summed E-state index contributed by atoms with van der Waals surface area (Å²) < 4.78 is 7.40. The highest BCUT2D eigenvalue weighted by molar-refractivity contribution is 6.02. The number of hydroxylamine groups is 2. The van der Waals surface area contributed by atoms with Crippen LogP contribution in [0.25, 0.3) is 0 Å². The highest BCUT2D eigenvalue weighted by Gasteiger charge is 2.42. The van der Waals surface area contributed by atoms with Gasteiger partial charge in [0.25, 0.3) is 11.6 Å². The van der Waals surface area contributed by atoms with Gasteiger partial charge in [0, 0.05) is 31.6 Å². The minimum absolute atomic E-state index is 0.143. The summed E-state index contributed by atoms with van der Waals surface area (Å²) >= 11 is 0. The topological polar surface area (TPSA) is 112 Å². The minimum atomic E-state index is -1.04. The number of urea groups is 1. The van der Waals surface area contributed by atoms with Gasteiger partial charge in [-0.2, -0.15) is 9.63 Å². The van der Waals surface area contributed by atoms with Gasteiger partial charge in [0.05, 0.1) is 13.7 Å². The molecule has 1 unspecified atom stereocenters. The first-order chi connectivity index (χ1) is 22.9. The van der Waals surface area contributed by atoms with E-state index in [-0.39, 0.29) is 32.0 Å². The molecule has 1 atom stereocenters. The van der Waals surface area contributed by atoms with E-state index in [9.17, 15) is 19.2 Å². The van der Waals surface area contributed by atoms with Crippen LogP contribution < -0.4 is 9.88 Å². The predicted molar refractivity (Wildman–Crippen MR) is 182 cm³/mol. The van der Waals surface area contributed by atoms with Crippen molar-refractivity contribution in [2.75, 3.05) is 33.3 Å². The smallest absolute Gasteiger partial charge is 0.423 e. The molecule has 266 valence electrons. The van der Waals surface area contributed by atoms with Gasteiger partial charge in [-0.1, -0.05) is 110 Å². The second kappa shape index (κ2) is 24.0. The SMILES string of the molecule is CCCCCCCCCCCCCCCCCCN(OC)C(=O)OC(CC)N1C(=O)CN(CCNC(=O)c2cccc[n+]2CC)C1=O. The quantitative estimate of drug-likeness (QED) is 0.0497. The summed E-state index contributed by atoms with van der Waals surface area (Å²) in [6.45, 7) is 7.17. The lowest BCUT2D eigenvalue weighted by molar-refractivity contribution is -0.695. The molecule has 1 aromatic rings. The largest absolute Gasteiger partial charge is 0.435 e. The number of hydrogen-bond donors (Lipinski definition) is 1. The van der Waals surface area contributed by atoms with E-state index in [2.05, 4.69) is 12.2 Å². The highest BCUT2D eigenvalue weighted by atomic mass is 16.7. The van der Waals surface area contributed by atoms with E-state index < -0.39 is 24.3 Å². The summed E-state index contributed by atoms with van der Waals surface area (Å²) in [7, 11) is 1.41. The zero-order valence-corrected chi connectivity index (χ0v) is 29.7. The molecule has 0 saturated carbocycles. The number of pyridine rings is 1. The molecule has 0 radical (unpaired) electrons. The second-order valence-electron chi connectivity index (χ2n) is 12.4. The number of hydrogen-bond acceptors (Lipinski definition) is 6. The fraction of sp³-hybridized carbons (Fsp3) is 0.750. The van der Waals surface area contributed by atoms with Crippen LogP contribution in [-0.2, 0) is 20.9 Å². The van der Waals surface area contributed by atoms with E-state index in [1.165, 1.54) is 95.5 Å². The summed E-state index contributed by atoms with van der Waals surface area (Å²) in [6.07, 6.45) is 20.6. The molecule has 1 aliphatic heterocycles. The van der Waals surface area contributed by atoms with Gasteiger partial charge < -0.3 is 15.0 Å². The molecule has 0 bridgehead atoms. The molecule has 11 heteroatoms. The lowest BCUT2D eigenvalue weighted by Crippen LogP contribution is -2.47. The van der Waals surface area contributed by atoms with Gasteiger partial charge in [-0.15, -0.1) is 0 Å². The molecule has 1 fully saturated rings. The average molecular weight is 661 g/mol. The molecule has 1 aromatic heterocycles. The number of carbonyl (C=O) groups excluding carboxylic acids is 4. The first-order valence-corrected chi connectivity index (χ1v) is 18.3. The number of nitrogens with one attached hydrogen (secondary N) is 1. The lowest BCUT2D eigenvalue weighted by atomic mass is 10.0. The van der Waals surface area contributed by atoms with Crippen molar-refractivity contribution in [1.82, 2.24) is 20.2 Å². The normalized spacial score (nSPS) is 13.7. The van der Waals surface area contributed by atoms with Crippen LogP contribution in [0.15, 0.2) is 24.4 Å². The van der Waals surface area contributed by atoms with Gasteiger partial charge in [-0.05, 0) is 19.4 Å². The number of carbonyl (C=O) groups is 4. The number of aromatic nitrogens is 1. The first kappa shape index (κ1) is 40.0. The number of amides is 5. The lowest BCUT2D eigenvalue weighted by Gasteiger charge is -2.27. The van der Waals surface area contributed by atoms with E-state index in [1.54, 1.807) is 19.1 Å². The molecule has 2 rings (SSSR count). The fourth-order valence-corrected chi connectivity index (χ4v) is 5.93. The van der Waals surface area contributed by atoms with Crippen LogP contribution in [0.2, 0.25) is 0 Å². The van der Waals surface area contributed by atoms with Gasteiger partial charge in [0.15, 0.2) is 12.4 Å². The third-order valence-electron chi connectivity index (χ3n) is 8.77. The predicted octanol–water partition coefficient (Wildman–Crippen LogP) is 6.99. The van der Waals surface area contributed by atoms with Crippen LogP contribution in [0, 0.1) is 0 Å². The Bertz CT molecular complexity index is 1070. The summed E-state index contributed by atoms with van der Waals surface area (Å²) in [5.74, 6) is -0.707. The molecule has 0 spiro atoms. The van der Waals surface area contributed by atoms with Crippen molar-refractivity contribution in [3.8, 4) is 0 Å². The van der Waals surface area contributed by atoms with Crippen LogP contribution in [0.4, 0.5) is 9.59 Å². The van der Waals surface area contributed by atoms with E-state index in [1.807, 2.05) is 23.8 Å². The fourth-order valence-electron chi connectivity index (χ4n) is 5.93. The summed E-state index contributed by atoms with van der Waals surface area (Å²) in [6, 6.07) is 4.83. The molecule has 0 aromatic carbocycles. The summed E-state index contributed by atoms with van der Waals surface area (Å²) in [5.41, 5.74) is 0.515. The Balaban J connectivity index is 1.63. The van der Waals surface area contributed by atoms with Crippen molar-refractivity contribution in [2.24, 2.45) is 0 Å². The third kappa shape index (κ3) is 14.6. The third-order valence-corrected chi connectivity index (χ3v) is 8.77. The van der Waals surface area contributed by atoms with E-state index >= 15 is 0 Å². The minimum Gasteiger partial charge on any atom is -0.423 e. The molecule has 5 amide bonds. The van der Waals surface area contributed by atoms with Crippen molar-refractivity contribution < 1.29 is 33.3 Å². The Morgan fingerprint density at radius 3 is 1.98 bits per heavy atom. The van der Waals surface area contributed by atoms with Crippen LogP contribution in [0.5, 0.6) is 0 Å². The summed E-state index contributed by atoms with van der Waals surface area (Å²) in [5, 5.41) is 3.96. The molecule has 11 nitrogen and oxygen atoms in total. The Morgan fingerprint density at radius 1 is 0.872 bits per heavy atom. The molecular formula is C36H62N5O6+. The molecule has 0 aliphatic carbocycles. The number of unbranched alkanes of at least 4 members (excludes halogenated alkanes) is 15. The van der Waals surface area contributed by atoms with Crippen LogP contribution in [0.1, 0.15) is 140 Å². The van der Waals surface area contributed by atoms with Crippen LogP contribution in [-0.4, -0.2) is 78.3 Å². The molecule has 1 aliphatic rings. The summed E-state index contributed by atoms with van der Waals surface area (Å²) in [4.78, 5) is 59.0. The van der Waals surface area contributed by atoms with E-state index in [0.717, 1.165) is 29.2 Å². The Hall–Kier alpha value is -3.21. The number of nitrogens with zero attached hydrogens (tertiary/aromatic N) is 4. The molecule has 1 saturated heterocycles. The van der Waals surface area contributed by atoms with Crippen molar-refractivity contribution in [3.05, 3.63) is 30.1 Å². The highest BCUT2D eigenvalue weighted by Crippen LogP contribution is 2.19. The maximum absolute atomic E-state index is 13.1. The second-order valence-corrected chi connectivity index (χ2v) is 12.4. The van der Waals surface area contributed by atoms with Gasteiger partial charge in [0.2, 0.25) is 0 Å². The van der Waals surface area contributed by atoms with Crippen molar-refractivity contribution in [3.63, 3.8) is 0 Å². The van der Waals surface area contributed by atoms with Crippen molar-refractivity contribution in [2.45, 2.75) is 143 Å². The van der Waals surface area contributed by atoms with Gasteiger partial charge in [-0.3, -0.25) is 14.4 Å². The molecule has 1 N–H and O–H groups in total. The Kier molecular flexibility index (Phi) is 20.4. The number of ether oxygens (including phenoxy) is 1. The molecule has 2 heterocycles. The van der Waals surface area contributed by atoms with Gasteiger partial charge in [0.1, 0.15) is 13.1 Å². The van der Waals surface area contributed by atoms with Gasteiger partial charge >= 0.3 is 18.0 Å². The van der Waals surface area contributed by atoms with E-state index in [0.29, 0.717) is 18.8 Å². The molecule has 47 heavy (non-hydrogen) atoms. The maximum Gasteiger partial charge on any atom is 0.435 e. The molecular weight excluding hydrogens is 598 g/mol. The average Bonchev–Trinajstić information content (AvgIpc) is 3.36. The number of imide groups is 1. The van der Waals surface area contributed by atoms with Crippen molar-refractivity contribution >= 4 is 23.9 Å². The van der Waals surface area contributed by atoms with Crippen LogP contribution in [0.3, 0.4) is 0 Å². The van der Waals surface area contributed by atoms with E-state index in [4.69, 9.17) is 9.57 Å². The number of rotatable bonds is 26. The van der Waals surface area contributed by atoms with Crippen LogP contribution >= 0.6 is 0 Å².